The summed E-state index contributed by atoms with van der Waals surface area (Å²) in [6.45, 7) is 4.44. The Hall–Kier alpha value is -1.37. The molecule has 0 N–H and O–H groups in total. The van der Waals surface area contributed by atoms with Gasteiger partial charge in [-0.1, -0.05) is 0 Å². The number of halogens is 1. The standard InChI is InChI=1S/C12H17BrN2O4/c1-5-15-9(10(13)7(2)14-15)6-8(11(16)18-3)12(17)19-4/h8H,5-6H2,1-4H3. The molecule has 0 amide bonds. The van der Waals surface area contributed by atoms with E-state index in [-0.39, 0.29) is 6.42 Å². The van der Waals surface area contributed by atoms with E-state index < -0.39 is 17.9 Å². The molecule has 7 heteroatoms. The number of nitrogens with zero attached hydrogens (tertiary/aromatic N) is 2. The summed E-state index contributed by atoms with van der Waals surface area (Å²) < 4.78 is 11.8. The first-order chi connectivity index (χ1) is 8.96. The lowest BCUT2D eigenvalue weighted by molar-refractivity contribution is -0.158. The molecule has 0 saturated carbocycles. The van der Waals surface area contributed by atoms with Gasteiger partial charge in [0.15, 0.2) is 5.92 Å². The monoisotopic (exact) mass is 332 g/mol. The lowest BCUT2D eigenvalue weighted by atomic mass is 10.0. The van der Waals surface area contributed by atoms with Gasteiger partial charge in [-0.15, -0.1) is 0 Å². The van der Waals surface area contributed by atoms with Gasteiger partial charge in [-0.3, -0.25) is 14.3 Å². The van der Waals surface area contributed by atoms with Crippen molar-refractivity contribution in [2.24, 2.45) is 5.92 Å². The predicted octanol–water partition coefficient (Wildman–Crippen LogP) is 1.48. The topological polar surface area (TPSA) is 70.4 Å². The molecule has 0 aromatic carbocycles. The third-order valence-corrected chi connectivity index (χ3v) is 3.85. The molecule has 6 nitrogen and oxygen atoms in total. The minimum Gasteiger partial charge on any atom is -0.468 e. The highest BCUT2D eigenvalue weighted by Gasteiger charge is 2.31. The van der Waals surface area contributed by atoms with Crippen molar-refractivity contribution >= 4 is 27.9 Å². The first-order valence-corrected chi connectivity index (χ1v) is 6.62. The molecule has 0 spiro atoms. The number of hydrogen-bond acceptors (Lipinski definition) is 5. The maximum Gasteiger partial charge on any atom is 0.320 e. The largest absolute Gasteiger partial charge is 0.468 e. The summed E-state index contributed by atoms with van der Waals surface area (Å²) >= 11 is 3.42. The molecular formula is C12H17BrN2O4. The van der Waals surface area contributed by atoms with Gasteiger partial charge in [0.1, 0.15) is 0 Å². The van der Waals surface area contributed by atoms with Gasteiger partial charge in [-0.25, -0.2) is 0 Å². The highest BCUT2D eigenvalue weighted by atomic mass is 79.9. The third-order valence-electron chi connectivity index (χ3n) is 2.82. The Bertz CT molecular complexity index is 468. The van der Waals surface area contributed by atoms with Crippen LogP contribution in [0.4, 0.5) is 0 Å². The summed E-state index contributed by atoms with van der Waals surface area (Å²) in [5.41, 5.74) is 1.59. The number of rotatable bonds is 5. The van der Waals surface area contributed by atoms with Crippen molar-refractivity contribution in [3.63, 3.8) is 0 Å². The summed E-state index contributed by atoms with van der Waals surface area (Å²) in [6, 6.07) is 0. The Balaban J connectivity index is 3.09. The number of hydrogen-bond donors (Lipinski definition) is 0. The van der Waals surface area contributed by atoms with Gasteiger partial charge >= 0.3 is 11.9 Å². The van der Waals surface area contributed by atoms with Crippen molar-refractivity contribution in [3.05, 3.63) is 15.9 Å². The number of aryl methyl sites for hydroxylation is 2. The number of carbonyl (C=O) groups excluding carboxylic acids is 2. The zero-order valence-electron chi connectivity index (χ0n) is 11.4. The summed E-state index contributed by atoms with van der Waals surface area (Å²) in [5.74, 6) is -2.20. The van der Waals surface area contributed by atoms with Crippen molar-refractivity contribution in [2.45, 2.75) is 26.8 Å². The van der Waals surface area contributed by atoms with Gasteiger partial charge in [0.25, 0.3) is 0 Å². The molecule has 19 heavy (non-hydrogen) atoms. The molecule has 0 bridgehead atoms. The van der Waals surface area contributed by atoms with Crippen LogP contribution in [0.5, 0.6) is 0 Å². The highest BCUT2D eigenvalue weighted by Crippen LogP contribution is 2.24. The van der Waals surface area contributed by atoms with E-state index in [0.717, 1.165) is 15.9 Å². The van der Waals surface area contributed by atoms with Gasteiger partial charge < -0.3 is 9.47 Å². The molecule has 1 aromatic heterocycles. The van der Waals surface area contributed by atoms with E-state index in [1.165, 1.54) is 14.2 Å². The smallest absolute Gasteiger partial charge is 0.320 e. The first kappa shape index (κ1) is 15.7. The number of aromatic nitrogens is 2. The van der Waals surface area contributed by atoms with Gasteiger partial charge in [-0.05, 0) is 29.8 Å². The normalized spacial score (nSPS) is 10.6. The first-order valence-electron chi connectivity index (χ1n) is 5.83. The Morgan fingerprint density at radius 1 is 1.32 bits per heavy atom. The fraction of sp³-hybridized carbons (Fsp3) is 0.583. The molecule has 0 unspecified atom stereocenters. The van der Waals surface area contributed by atoms with Crippen molar-refractivity contribution < 1.29 is 19.1 Å². The van der Waals surface area contributed by atoms with Crippen molar-refractivity contribution in [3.8, 4) is 0 Å². The third kappa shape index (κ3) is 3.34. The number of methoxy groups -OCH3 is 2. The van der Waals surface area contributed by atoms with E-state index in [9.17, 15) is 9.59 Å². The maximum atomic E-state index is 11.7. The molecular weight excluding hydrogens is 316 g/mol. The zero-order valence-corrected chi connectivity index (χ0v) is 13.0. The Morgan fingerprint density at radius 2 is 1.84 bits per heavy atom. The van der Waals surface area contributed by atoms with Crippen LogP contribution in [0.25, 0.3) is 0 Å². The van der Waals surface area contributed by atoms with Crippen LogP contribution in [0.2, 0.25) is 0 Å². The number of carbonyl (C=O) groups is 2. The summed E-state index contributed by atoms with van der Waals surface area (Å²) in [7, 11) is 2.49. The Morgan fingerprint density at radius 3 is 2.26 bits per heavy atom. The van der Waals surface area contributed by atoms with Crippen LogP contribution in [0, 0.1) is 12.8 Å². The molecule has 1 aromatic rings. The molecule has 0 aliphatic heterocycles. The van der Waals surface area contributed by atoms with Gasteiger partial charge in [-0.2, -0.15) is 5.10 Å². The molecule has 0 atom stereocenters. The van der Waals surface area contributed by atoms with Crippen LogP contribution >= 0.6 is 15.9 Å². The van der Waals surface area contributed by atoms with E-state index in [1.54, 1.807) is 4.68 Å². The molecule has 106 valence electrons. The highest BCUT2D eigenvalue weighted by molar-refractivity contribution is 9.10. The molecule has 1 heterocycles. The quantitative estimate of drug-likeness (QED) is 0.603. The lowest BCUT2D eigenvalue weighted by Crippen LogP contribution is -2.29. The molecule has 0 saturated heterocycles. The SMILES string of the molecule is CCn1nc(C)c(Br)c1CC(C(=O)OC)C(=O)OC. The van der Waals surface area contributed by atoms with E-state index >= 15 is 0 Å². The van der Waals surface area contributed by atoms with E-state index in [1.807, 2.05) is 13.8 Å². The average Bonchev–Trinajstić information content (AvgIpc) is 2.70. The molecule has 0 aliphatic rings. The van der Waals surface area contributed by atoms with Crippen molar-refractivity contribution in [1.29, 1.82) is 0 Å². The average molecular weight is 333 g/mol. The van der Waals surface area contributed by atoms with Gasteiger partial charge in [0.05, 0.1) is 30.1 Å². The van der Waals surface area contributed by atoms with Crippen LogP contribution in [-0.2, 0) is 32.0 Å². The van der Waals surface area contributed by atoms with Crippen LogP contribution in [0.1, 0.15) is 18.3 Å². The second kappa shape index (κ2) is 6.70. The molecule has 0 aliphatic carbocycles. The van der Waals surface area contributed by atoms with Gasteiger partial charge in [0.2, 0.25) is 0 Å². The molecule has 1 rings (SSSR count). The van der Waals surface area contributed by atoms with Gasteiger partial charge in [0, 0.05) is 13.0 Å². The Kier molecular flexibility index (Phi) is 5.53. The second-order valence-electron chi connectivity index (χ2n) is 3.96. The fourth-order valence-electron chi connectivity index (χ4n) is 1.80. The van der Waals surface area contributed by atoms with E-state index in [2.05, 4.69) is 30.5 Å². The second-order valence-corrected chi connectivity index (χ2v) is 4.76. The van der Waals surface area contributed by atoms with Crippen LogP contribution in [0.3, 0.4) is 0 Å². The van der Waals surface area contributed by atoms with Crippen LogP contribution in [-0.4, -0.2) is 35.9 Å². The van der Waals surface area contributed by atoms with E-state index in [4.69, 9.17) is 0 Å². The minimum absolute atomic E-state index is 0.189. The number of esters is 2. The van der Waals surface area contributed by atoms with Crippen LogP contribution in [0.15, 0.2) is 4.47 Å². The lowest BCUT2D eigenvalue weighted by Gasteiger charge is -2.13. The van der Waals surface area contributed by atoms with Crippen molar-refractivity contribution in [1.82, 2.24) is 9.78 Å². The minimum atomic E-state index is -0.979. The summed E-state index contributed by atoms with van der Waals surface area (Å²) in [4.78, 5) is 23.3. The predicted molar refractivity (Wildman–Crippen MR) is 71.6 cm³/mol. The maximum absolute atomic E-state index is 11.7. The zero-order chi connectivity index (χ0) is 14.6. The van der Waals surface area contributed by atoms with Crippen molar-refractivity contribution in [2.75, 3.05) is 14.2 Å². The van der Waals surface area contributed by atoms with Crippen LogP contribution < -0.4 is 0 Å². The summed E-state index contributed by atoms with van der Waals surface area (Å²) in [6.07, 6.45) is 0.189. The Labute approximate surface area is 120 Å². The number of ether oxygens (including phenoxy) is 2. The molecule has 0 radical (unpaired) electrons. The molecule has 0 fully saturated rings. The summed E-state index contributed by atoms with van der Waals surface area (Å²) in [5, 5.41) is 4.32. The fourth-order valence-corrected chi connectivity index (χ4v) is 2.25. The van der Waals surface area contributed by atoms with E-state index in [0.29, 0.717) is 6.54 Å².